The van der Waals surface area contributed by atoms with Crippen LogP contribution >= 0.6 is 0 Å². The van der Waals surface area contributed by atoms with Gasteiger partial charge < -0.3 is 23.8 Å². The predicted octanol–water partition coefficient (Wildman–Crippen LogP) is 3.39. The molecule has 0 saturated carbocycles. The fourth-order valence-corrected chi connectivity index (χ4v) is 2.71. The minimum Gasteiger partial charge on any atom is -0.496 e. The van der Waals surface area contributed by atoms with Gasteiger partial charge in [0.15, 0.2) is 11.5 Å². The van der Waals surface area contributed by atoms with Gasteiger partial charge in [0, 0.05) is 30.8 Å². The minimum atomic E-state index is -0.141. The van der Waals surface area contributed by atoms with Gasteiger partial charge in [0.05, 0.1) is 28.4 Å². The zero-order valence-corrected chi connectivity index (χ0v) is 16.3. The van der Waals surface area contributed by atoms with Gasteiger partial charge in [-0.25, -0.2) is 0 Å². The topological polar surface area (TPSA) is 57.2 Å². The maximum absolute atomic E-state index is 12.5. The summed E-state index contributed by atoms with van der Waals surface area (Å²) in [5, 5.41) is 0. The van der Waals surface area contributed by atoms with Crippen molar-refractivity contribution in [2.45, 2.75) is 6.54 Å². The Kier molecular flexibility index (Phi) is 7.11. The highest BCUT2D eigenvalue weighted by Crippen LogP contribution is 2.40. The molecule has 2 aromatic rings. The molecule has 144 valence electrons. The lowest BCUT2D eigenvalue weighted by Crippen LogP contribution is -2.24. The lowest BCUT2D eigenvalue weighted by atomic mass is 10.1. The number of para-hydroxylation sites is 1. The van der Waals surface area contributed by atoms with Crippen molar-refractivity contribution in [2.75, 3.05) is 35.5 Å². The number of carbonyl (C=O) groups is 1. The number of benzene rings is 2. The van der Waals surface area contributed by atoms with Crippen molar-refractivity contribution < 1.29 is 23.7 Å². The van der Waals surface area contributed by atoms with Crippen LogP contribution in [-0.4, -0.2) is 46.3 Å². The first-order valence-electron chi connectivity index (χ1n) is 8.39. The molecule has 0 aliphatic carbocycles. The van der Waals surface area contributed by atoms with Gasteiger partial charge in [-0.05, 0) is 24.3 Å². The average Bonchev–Trinajstić information content (AvgIpc) is 2.71. The van der Waals surface area contributed by atoms with Gasteiger partial charge in [-0.15, -0.1) is 0 Å². The number of ether oxygens (including phenoxy) is 4. The Balaban J connectivity index is 2.18. The number of hydrogen-bond donors (Lipinski definition) is 0. The molecular weight excluding hydrogens is 346 g/mol. The van der Waals surface area contributed by atoms with E-state index in [1.165, 1.54) is 6.08 Å². The molecule has 2 rings (SSSR count). The molecule has 0 saturated heterocycles. The van der Waals surface area contributed by atoms with E-state index in [4.69, 9.17) is 18.9 Å². The third-order valence-corrected chi connectivity index (χ3v) is 4.12. The van der Waals surface area contributed by atoms with Crippen molar-refractivity contribution >= 4 is 12.0 Å². The second-order valence-electron chi connectivity index (χ2n) is 5.76. The summed E-state index contributed by atoms with van der Waals surface area (Å²) < 4.78 is 21.4. The largest absolute Gasteiger partial charge is 0.496 e. The summed E-state index contributed by atoms with van der Waals surface area (Å²) in [5.41, 5.74) is 1.65. The molecule has 0 aliphatic heterocycles. The third-order valence-electron chi connectivity index (χ3n) is 4.12. The fourth-order valence-electron chi connectivity index (χ4n) is 2.71. The number of hydrogen-bond acceptors (Lipinski definition) is 5. The van der Waals surface area contributed by atoms with Crippen molar-refractivity contribution in [3.05, 3.63) is 53.6 Å². The van der Waals surface area contributed by atoms with E-state index in [1.54, 1.807) is 52.5 Å². The summed E-state index contributed by atoms with van der Waals surface area (Å²) >= 11 is 0. The Morgan fingerprint density at radius 3 is 2.19 bits per heavy atom. The van der Waals surface area contributed by atoms with Crippen LogP contribution < -0.4 is 18.9 Å². The van der Waals surface area contributed by atoms with Crippen LogP contribution in [0, 0.1) is 0 Å². The normalized spacial score (nSPS) is 10.6. The first-order chi connectivity index (χ1) is 13.0. The Morgan fingerprint density at radius 2 is 1.56 bits per heavy atom. The Hall–Kier alpha value is -3.15. The highest BCUT2D eigenvalue weighted by atomic mass is 16.5. The van der Waals surface area contributed by atoms with Crippen molar-refractivity contribution in [3.63, 3.8) is 0 Å². The lowest BCUT2D eigenvalue weighted by molar-refractivity contribution is -0.125. The van der Waals surface area contributed by atoms with Crippen LogP contribution in [0.5, 0.6) is 23.0 Å². The molecule has 0 aliphatic rings. The summed E-state index contributed by atoms with van der Waals surface area (Å²) in [6.07, 6.45) is 3.20. The summed E-state index contributed by atoms with van der Waals surface area (Å²) in [7, 11) is 8.00. The zero-order valence-electron chi connectivity index (χ0n) is 16.3. The molecule has 0 heterocycles. The Labute approximate surface area is 159 Å². The second kappa shape index (κ2) is 9.52. The summed E-state index contributed by atoms with van der Waals surface area (Å²) in [6, 6.07) is 11.2. The van der Waals surface area contributed by atoms with Gasteiger partial charge in [0.1, 0.15) is 5.75 Å². The number of rotatable bonds is 8. The van der Waals surface area contributed by atoms with Crippen LogP contribution in [0.2, 0.25) is 0 Å². The molecular formula is C21H25NO5. The van der Waals surface area contributed by atoms with Crippen LogP contribution in [0.3, 0.4) is 0 Å². The molecule has 0 N–H and O–H groups in total. The molecule has 2 aromatic carbocycles. The zero-order chi connectivity index (χ0) is 19.8. The number of methoxy groups -OCH3 is 4. The van der Waals surface area contributed by atoms with Crippen LogP contribution in [0.1, 0.15) is 11.1 Å². The maximum Gasteiger partial charge on any atom is 0.246 e. The molecule has 0 fully saturated rings. The van der Waals surface area contributed by atoms with Crippen molar-refractivity contribution in [3.8, 4) is 23.0 Å². The molecule has 0 unspecified atom stereocenters. The summed E-state index contributed by atoms with van der Waals surface area (Å²) in [4.78, 5) is 14.1. The van der Waals surface area contributed by atoms with Crippen molar-refractivity contribution in [1.29, 1.82) is 0 Å². The van der Waals surface area contributed by atoms with E-state index in [0.717, 1.165) is 11.3 Å². The highest BCUT2D eigenvalue weighted by Gasteiger charge is 2.15. The molecule has 0 bridgehead atoms. The SMILES string of the molecule is COc1ccccc1CN(C)C(=O)/C=C/c1ccc(OC)c(OC)c1OC. The van der Waals surface area contributed by atoms with Gasteiger partial charge >= 0.3 is 0 Å². The third kappa shape index (κ3) is 4.73. The Bertz CT molecular complexity index is 816. The molecule has 6 heteroatoms. The standard InChI is InChI=1S/C21H25NO5/c1-22(14-16-8-6-7-9-17(16)24-2)19(23)13-11-15-10-12-18(25-3)21(27-5)20(15)26-4/h6-13H,14H2,1-5H3/b13-11+. The molecule has 1 amide bonds. The fraction of sp³-hybridized carbons (Fsp3) is 0.286. The quantitative estimate of drug-likeness (QED) is 0.666. The molecule has 0 aromatic heterocycles. The van der Waals surface area contributed by atoms with Gasteiger partial charge in [-0.1, -0.05) is 18.2 Å². The first-order valence-corrected chi connectivity index (χ1v) is 8.39. The van der Waals surface area contributed by atoms with E-state index in [0.29, 0.717) is 29.4 Å². The average molecular weight is 371 g/mol. The maximum atomic E-state index is 12.5. The van der Waals surface area contributed by atoms with Crippen LogP contribution in [0.4, 0.5) is 0 Å². The van der Waals surface area contributed by atoms with E-state index in [-0.39, 0.29) is 5.91 Å². The van der Waals surface area contributed by atoms with Crippen molar-refractivity contribution in [1.82, 2.24) is 4.90 Å². The lowest BCUT2D eigenvalue weighted by Gasteiger charge is -2.17. The Morgan fingerprint density at radius 1 is 0.889 bits per heavy atom. The molecule has 27 heavy (non-hydrogen) atoms. The van der Waals surface area contributed by atoms with Gasteiger partial charge in [-0.3, -0.25) is 4.79 Å². The van der Waals surface area contributed by atoms with E-state index in [9.17, 15) is 4.79 Å². The minimum absolute atomic E-state index is 0.141. The van der Waals surface area contributed by atoms with Gasteiger partial charge in [-0.2, -0.15) is 0 Å². The van der Waals surface area contributed by atoms with E-state index in [1.807, 2.05) is 30.3 Å². The number of carbonyl (C=O) groups excluding carboxylic acids is 1. The van der Waals surface area contributed by atoms with Crippen LogP contribution in [0.25, 0.3) is 6.08 Å². The number of likely N-dealkylation sites (N-methyl/N-ethyl adjacent to an activating group) is 1. The molecule has 0 atom stereocenters. The van der Waals surface area contributed by atoms with E-state index < -0.39 is 0 Å². The van der Waals surface area contributed by atoms with Gasteiger partial charge in [0.2, 0.25) is 11.7 Å². The highest BCUT2D eigenvalue weighted by molar-refractivity contribution is 5.92. The summed E-state index contributed by atoms with van der Waals surface area (Å²) in [5.74, 6) is 2.16. The predicted molar refractivity (Wildman–Crippen MR) is 105 cm³/mol. The van der Waals surface area contributed by atoms with Crippen LogP contribution in [0.15, 0.2) is 42.5 Å². The molecule has 0 radical (unpaired) electrons. The first kappa shape index (κ1) is 20.2. The second-order valence-corrected chi connectivity index (χ2v) is 5.76. The summed E-state index contributed by atoms with van der Waals surface area (Å²) in [6.45, 7) is 0.441. The number of amides is 1. The van der Waals surface area contributed by atoms with Crippen LogP contribution in [-0.2, 0) is 11.3 Å². The van der Waals surface area contributed by atoms with E-state index >= 15 is 0 Å². The van der Waals surface area contributed by atoms with Crippen molar-refractivity contribution in [2.24, 2.45) is 0 Å². The van der Waals surface area contributed by atoms with E-state index in [2.05, 4.69) is 0 Å². The molecule has 0 spiro atoms. The smallest absolute Gasteiger partial charge is 0.246 e. The number of nitrogens with zero attached hydrogens (tertiary/aromatic N) is 1. The monoisotopic (exact) mass is 371 g/mol. The van der Waals surface area contributed by atoms with Gasteiger partial charge in [0.25, 0.3) is 0 Å². The molecule has 6 nitrogen and oxygen atoms in total.